The summed E-state index contributed by atoms with van der Waals surface area (Å²) in [5.41, 5.74) is 6.61. The van der Waals surface area contributed by atoms with Crippen molar-refractivity contribution < 1.29 is 19.1 Å². The van der Waals surface area contributed by atoms with E-state index >= 15 is 0 Å². The van der Waals surface area contributed by atoms with Crippen LogP contribution in [-0.2, 0) is 9.53 Å². The van der Waals surface area contributed by atoms with Crippen LogP contribution in [0.25, 0.3) is 5.69 Å². The Labute approximate surface area is 250 Å². The molecule has 1 saturated heterocycles. The van der Waals surface area contributed by atoms with Gasteiger partial charge in [-0.3, -0.25) is 9.78 Å². The third kappa shape index (κ3) is 5.33. The van der Waals surface area contributed by atoms with Crippen LogP contribution in [0.4, 0.5) is 11.4 Å². The summed E-state index contributed by atoms with van der Waals surface area (Å²) in [6, 6.07) is 20.5. The molecular weight excluding hydrogens is 550 g/mol. The molecule has 2 N–H and O–H groups in total. The van der Waals surface area contributed by atoms with Crippen molar-refractivity contribution in [3.05, 3.63) is 101 Å². The summed E-state index contributed by atoms with van der Waals surface area (Å²) in [6.07, 6.45) is 2.13. The summed E-state index contributed by atoms with van der Waals surface area (Å²) in [5, 5.41) is 6.94. The molecule has 216 valence electrons. The maximum Gasteiger partial charge on any atom is 0.337 e. The molecule has 2 aromatic carbocycles. The predicted octanol–water partition coefficient (Wildman–Crippen LogP) is 5.81. The van der Waals surface area contributed by atoms with Gasteiger partial charge in [0.05, 0.1) is 43.2 Å². The average Bonchev–Trinajstić information content (AvgIpc) is 3.51. The molecule has 0 saturated carbocycles. The van der Waals surface area contributed by atoms with E-state index in [2.05, 4.69) is 38.1 Å². The lowest BCUT2D eigenvalue weighted by atomic mass is 9.96. The maximum atomic E-state index is 12.3. The van der Waals surface area contributed by atoms with Gasteiger partial charge in [-0.15, -0.1) is 0 Å². The third-order valence-electron chi connectivity index (χ3n) is 7.47. The minimum absolute atomic E-state index is 0.101. The van der Waals surface area contributed by atoms with Crippen molar-refractivity contribution >= 4 is 40.6 Å². The van der Waals surface area contributed by atoms with E-state index in [1.807, 2.05) is 61.5 Å². The van der Waals surface area contributed by atoms with E-state index < -0.39 is 5.97 Å². The second kappa shape index (κ2) is 12.0. The van der Waals surface area contributed by atoms with E-state index in [0.717, 1.165) is 34.0 Å². The Morgan fingerprint density at radius 3 is 2.52 bits per heavy atom. The molecule has 10 heteroatoms. The number of aromatic nitrogens is 2. The highest BCUT2D eigenvalue weighted by Gasteiger charge is 2.42. The quantitative estimate of drug-likeness (QED) is 0.198. The molecule has 5 rings (SSSR count). The Hall–Kier alpha value is -4.70. The number of nitrogens with one attached hydrogen (secondary N) is 2. The molecule has 0 bridgehead atoms. The molecule has 2 aromatic heterocycles. The van der Waals surface area contributed by atoms with Crippen LogP contribution in [0.3, 0.4) is 0 Å². The molecule has 2 atom stereocenters. The molecule has 1 fully saturated rings. The highest BCUT2D eigenvalue weighted by Crippen LogP contribution is 2.45. The number of aryl methyl sites for hydroxylation is 1. The molecule has 9 nitrogen and oxygen atoms in total. The molecular formula is C32H33N5O4S. The van der Waals surface area contributed by atoms with E-state index in [4.69, 9.17) is 21.7 Å². The molecule has 1 aliphatic rings. The lowest BCUT2D eigenvalue weighted by Crippen LogP contribution is -2.29. The van der Waals surface area contributed by atoms with Crippen LogP contribution in [0.2, 0.25) is 0 Å². The molecule has 0 radical (unpaired) electrons. The summed E-state index contributed by atoms with van der Waals surface area (Å²) in [6.45, 7) is 5.90. The summed E-state index contributed by atoms with van der Waals surface area (Å²) < 4.78 is 12.7. The number of nitrogens with zero attached hydrogens (tertiary/aromatic N) is 3. The van der Waals surface area contributed by atoms with Gasteiger partial charge in [-0.05, 0) is 80.2 Å². The van der Waals surface area contributed by atoms with Gasteiger partial charge < -0.3 is 29.6 Å². The van der Waals surface area contributed by atoms with Crippen molar-refractivity contribution in [1.82, 2.24) is 14.9 Å². The number of hydrogen-bond acceptors (Lipinski definition) is 6. The first-order valence-corrected chi connectivity index (χ1v) is 14.0. The SMILES string of the molecule is CCC(=O)Nc1ccc(N2C(=S)N[C@H](c3ccccn3)[C@H]2c2cc(C)n(-c3cccc(C(=O)OC)c3)c2C)cc1OC. The topological polar surface area (TPSA) is 97.7 Å². The number of carbonyl (C=O) groups is 2. The molecule has 0 spiro atoms. The number of ether oxygens (including phenoxy) is 2. The van der Waals surface area contributed by atoms with Crippen LogP contribution in [0, 0.1) is 13.8 Å². The van der Waals surface area contributed by atoms with Crippen LogP contribution in [0.5, 0.6) is 5.75 Å². The Bertz CT molecular complexity index is 1650. The fourth-order valence-electron chi connectivity index (χ4n) is 5.49. The van der Waals surface area contributed by atoms with Crippen molar-refractivity contribution in [2.24, 2.45) is 0 Å². The second-order valence-electron chi connectivity index (χ2n) is 9.99. The minimum atomic E-state index is -0.390. The molecule has 1 aliphatic heterocycles. The Kier molecular flexibility index (Phi) is 8.26. The van der Waals surface area contributed by atoms with Crippen LogP contribution in [-0.4, -0.2) is 40.8 Å². The van der Waals surface area contributed by atoms with Crippen molar-refractivity contribution in [3.8, 4) is 11.4 Å². The van der Waals surface area contributed by atoms with Crippen LogP contribution < -0.4 is 20.3 Å². The highest BCUT2D eigenvalue weighted by atomic mass is 32.1. The van der Waals surface area contributed by atoms with Gasteiger partial charge >= 0.3 is 5.97 Å². The van der Waals surface area contributed by atoms with Crippen LogP contribution in [0.15, 0.2) is 72.9 Å². The van der Waals surface area contributed by atoms with E-state index in [1.54, 1.807) is 26.3 Å². The monoisotopic (exact) mass is 583 g/mol. The van der Waals surface area contributed by atoms with Gasteiger partial charge in [0.2, 0.25) is 5.91 Å². The van der Waals surface area contributed by atoms with Gasteiger partial charge in [0.15, 0.2) is 5.11 Å². The normalized spacial score (nSPS) is 16.2. The van der Waals surface area contributed by atoms with E-state index in [0.29, 0.717) is 28.5 Å². The fourth-order valence-corrected chi connectivity index (χ4v) is 5.84. The zero-order chi connectivity index (χ0) is 30.0. The lowest BCUT2D eigenvalue weighted by Gasteiger charge is -2.29. The smallest absolute Gasteiger partial charge is 0.337 e. The maximum absolute atomic E-state index is 12.3. The van der Waals surface area contributed by atoms with Gasteiger partial charge in [-0.1, -0.05) is 19.1 Å². The molecule has 0 aliphatic carbocycles. The number of rotatable bonds is 8. The lowest BCUT2D eigenvalue weighted by molar-refractivity contribution is -0.115. The first kappa shape index (κ1) is 28.8. The minimum Gasteiger partial charge on any atom is -0.494 e. The number of thiocarbonyl (C=S) groups is 1. The largest absolute Gasteiger partial charge is 0.494 e. The molecule has 1 amide bonds. The van der Waals surface area contributed by atoms with Gasteiger partial charge in [-0.25, -0.2) is 4.79 Å². The zero-order valence-electron chi connectivity index (χ0n) is 24.2. The standard InChI is InChI=1S/C32H33N5O4S/c1-6-28(38)34-25-14-13-23(18-27(25)40-4)37-30(29(35-32(37)42)26-12-7-8-15-33-26)24-16-19(2)36(20(24)3)22-11-9-10-21(17-22)31(39)41-5/h7-18,29-30H,6H2,1-5H3,(H,34,38)(H,35,42)/t29-,30-/m1/s1. The summed E-state index contributed by atoms with van der Waals surface area (Å²) in [5.74, 6) is 0.0391. The van der Waals surface area contributed by atoms with Gasteiger partial charge in [0.25, 0.3) is 0 Å². The van der Waals surface area contributed by atoms with E-state index in [1.165, 1.54) is 7.11 Å². The number of pyridine rings is 1. The molecule has 0 unspecified atom stereocenters. The average molecular weight is 584 g/mol. The fraction of sp³-hybridized carbons (Fsp3) is 0.250. The zero-order valence-corrected chi connectivity index (χ0v) is 25.0. The molecule has 42 heavy (non-hydrogen) atoms. The van der Waals surface area contributed by atoms with Gasteiger partial charge in [-0.2, -0.15) is 0 Å². The first-order valence-electron chi connectivity index (χ1n) is 13.6. The molecule has 3 heterocycles. The van der Waals surface area contributed by atoms with Crippen molar-refractivity contribution in [3.63, 3.8) is 0 Å². The van der Waals surface area contributed by atoms with Crippen LogP contribution in [0.1, 0.15) is 58.4 Å². The van der Waals surface area contributed by atoms with E-state index in [9.17, 15) is 9.59 Å². The number of anilines is 2. The van der Waals surface area contributed by atoms with E-state index in [-0.39, 0.29) is 18.0 Å². The molecule has 4 aromatic rings. The summed E-state index contributed by atoms with van der Waals surface area (Å²) >= 11 is 5.93. The number of esters is 1. The Morgan fingerprint density at radius 1 is 1.02 bits per heavy atom. The van der Waals surface area contributed by atoms with Gasteiger partial charge in [0.1, 0.15) is 5.75 Å². The van der Waals surface area contributed by atoms with Crippen molar-refractivity contribution in [1.29, 1.82) is 0 Å². The van der Waals surface area contributed by atoms with Crippen molar-refractivity contribution in [2.75, 3.05) is 24.4 Å². The number of methoxy groups -OCH3 is 2. The number of amides is 1. The van der Waals surface area contributed by atoms with Crippen molar-refractivity contribution in [2.45, 2.75) is 39.3 Å². The Balaban J connectivity index is 1.64. The summed E-state index contributed by atoms with van der Waals surface area (Å²) in [7, 11) is 2.95. The third-order valence-corrected chi connectivity index (χ3v) is 7.79. The first-order chi connectivity index (χ1) is 20.3. The van der Waals surface area contributed by atoms with Crippen LogP contribution >= 0.6 is 12.2 Å². The number of carbonyl (C=O) groups excluding carboxylic acids is 2. The predicted molar refractivity (Wildman–Crippen MR) is 166 cm³/mol. The van der Waals surface area contributed by atoms with Gasteiger partial charge in [0, 0.05) is 41.4 Å². The summed E-state index contributed by atoms with van der Waals surface area (Å²) in [4.78, 5) is 31.1. The number of benzene rings is 2. The second-order valence-corrected chi connectivity index (χ2v) is 10.4. The Morgan fingerprint density at radius 2 is 1.83 bits per heavy atom. The number of hydrogen-bond donors (Lipinski definition) is 2. The highest BCUT2D eigenvalue weighted by molar-refractivity contribution is 7.80.